The van der Waals surface area contributed by atoms with Crippen molar-refractivity contribution >= 4 is 11.3 Å². The standard InChI is InChI=1S/C11H17NOS/c1-11(2,3)7-4-5-8-9(6-7)14-10(13)12-8/h7H,4-6H2,1-3H3,(H,12,13)/t7-/m1/s1. The largest absolute Gasteiger partial charge is 0.316 e. The monoisotopic (exact) mass is 211 g/mol. The highest BCUT2D eigenvalue weighted by Gasteiger charge is 2.29. The highest BCUT2D eigenvalue weighted by Crippen LogP contribution is 2.37. The molecule has 3 heteroatoms. The first-order chi connectivity index (χ1) is 6.47. The van der Waals surface area contributed by atoms with Crippen LogP contribution in [0.5, 0.6) is 0 Å². The average molecular weight is 211 g/mol. The molecule has 1 aliphatic rings. The van der Waals surface area contributed by atoms with E-state index < -0.39 is 0 Å². The molecule has 0 amide bonds. The molecule has 1 heterocycles. The van der Waals surface area contributed by atoms with Crippen LogP contribution < -0.4 is 4.87 Å². The summed E-state index contributed by atoms with van der Waals surface area (Å²) < 4.78 is 0. The van der Waals surface area contributed by atoms with Crippen molar-refractivity contribution in [3.63, 3.8) is 0 Å². The van der Waals surface area contributed by atoms with Crippen molar-refractivity contribution in [2.24, 2.45) is 11.3 Å². The number of aromatic nitrogens is 1. The van der Waals surface area contributed by atoms with Gasteiger partial charge >= 0.3 is 4.87 Å². The Balaban J connectivity index is 2.25. The number of aromatic amines is 1. The fourth-order valence-corrected chi connectivity index (χ4v) is 3.10. The third-order valence-electron chi connectivity index (χ3n) is 3.20. The van der Waals surface area contributed by atoms with Gasteiger partial charge in [0.05, 0.1) is 0 Å². The van der Waals surface area contributed by atoms with E-state index in [0.717, 1.165) is 18.8 Å². The molecule has 1 aromatic rings. The lowest BCUT2D eigenvalue weighted by Gasteiger charge is -2.33. The summed E-state index contributed by atoms with van der Waals surface area (Å²) in [4.78, 5) is 15.5. The second-order valence-electron chi connectivity index (χ2n) is 5.22. The van der Waals surface area contributed by atoms with E-state index >= 15 is 0 Å². The molecular weight excluding hydrogens is 194 g/mol. The molecule has 1 N–H and O–H groups in total. The Labute approximate surface area is 88.4 Å². The molecule has 1 aliphatic carbocycles. The first-order valence-corrected chi connectivity index (χ1v) is 5.99. The minimum absolute atomic E-state index is 0.115. The lowest BCUT2D eigenvalue weighted by molar-refractivity contribution is 0.217. The average Bonchev–Trinajstić information content (AvgIpc) is 2.41. The summed E-state index contributed by atoms with van der Waals surface area (Å²) in [6, 6.07) is 0. The molecule has 0 unspecified atom stereocenters. The smallest absolute Gasteiger partial charge is 0.304 e. The molecule has 0 bridgehead atoms. The molecule has 2 rings (SSSR count). The van der Waals surface area contributed by atoms with Crippen LogP contribution in [-0.4, -0.2) is 4.98 Å². The maximum absolute atomic E-state index is 11.2. The van der Waals surface area contributed by atoms with E-state index in [1.165, 1.54) is 28.3 Å². The highest BCUT2D eigenvalue weighted by atomic mass is 32.1. The van der Waals surface area contributed by atoms with Crippen LogP contribution in [0.4, 0.5) is 0 Å². The predicted molar refractivity (Wildman–Crippen MR) is 59.9 cm³/mol. The van der Waals surface area contributed by atoms with Crippen LogP contribution in [0.2, 0.25) is 0 Å². The number of hydrogen-bond donors (Lipinski definition) is 1. The first kappa shape index (κ1) is 9.97. The lowest BCUT2D eigenvalue weighted by atomic mass is 9.73. The van der Waals surface area contributed by atoms with Crippen LogP contribution in [0.25, 0.3) is 0 Å². The van der Waals surface area contributed by atoms with Crippen molar-refractivity contribution in [1.29, 1.82) is 0 Å². The number of fused-ring (bicyclic) bond motifs is 1. The maximum Gasteiger partial charge on any atom is 0.304 e. The van der Waals surface area contributed by atoms with Gasteiger partial charge < -0.3 is 4.98 Å². The van der Waals surface area contributed by atoms with Gasteiger partial charge in [0, 0.05) is 10.6 Å². The summed E-state index contributed by atoms with van der Waals surface area (Å²) in [5.74, 6) is 0.724. The number of H-pyrrole nitrogens is 1. The Morgan fingerprint density at radius 1 is 1.43 bits per heavy atom. The summed E-state index contributed by atoms with van der Waals surface area (Å²) >= 11 is 1.40. The third kappa shape index (κ3) is 1.78. The lowest BCUT2D eigenvalue weighted by Crippen LogP contribution is -2.26. The van der Waals surface area contributed by atoms with Gasteiger partial charge in [-0.05, 0) is 30.6 Å². The van der Waals surface area contributed by atoms with Gasteiger partial charge in [0.25, 0.3) is 0 Å². The van der Waals surface area contributed by atoms with E-state index in [2.05, 4.69) is 25.8 Å². The topological polar surface area (TPSA) is 32.9 Å². The quantitative estimate of drug-likeness (QED) is 0.703. The van der Waals surface area contributed by atoms with Crippen molar-refractivity contribution in [2.45, 2.75) is 40.0 Å². The zero-order valence-electron chi connectivity index (χ0n) is 9.02. The van der Waals surface area contributed by atoms with E-state index in [4.69, 9.17) is 0 Å². The normalized spacial score (nSPS) is 22.1. The van der Waals surface area contributed by atoms with Crippen LogP contribution in [0.15, 0.2) is 4.79 Å². The molecule has 0 fully saturated rings. The van der Waals surface area contributed by atoms with Crippen LogP contribution in [-0.2, 0) is 12.8 Å². The fourth-order valence-electron chi connectivity index (χ4n) is 2.14. The van der Waals surface area contributed by atoms with E-state index in [9.17, 15) is 4.79 Å². The van der Waals surface area contributed by atoms with Crippen LogP contribution in [0, 0.1) is 11.3 Å². The van der Waals surface area contributed by atoms with Gasteiger partial charge in [-0.2, -0.15) is 0 Å². The molecule has 0 radical (unpaired) electrons. The second kappa shape index (κ2) is 3.23. The van der Waals surface area contributed by atoms with Crippen LogP contribution >= 0.6 is 11.3 Å². The molecule has 1 aromatic heterocycles. The van der Waals surface area contributed by atoms with Crippen molar-refractivity contribution < 1.29 is 0 Å². The molecule has 0 saturated heterocycles. The van der Waals surface area contributed by atoms with Gasteiger partial charge in [-0.1, -0.05) is 32.1 Å². The van der Waals surface area contributed by atoms with Crippen LogP contribution in [0.3, 0.4) is 0 Å². The summed E-state index contributed by atoms with van der Waals surface area (Å²) in [7, 11) is 0. The van der Waals surface area contributed by atoms with E-state index in [0.29, 0.717) is 5.41 Å². The number of rotatable bonds is 0. The van der Waals surface area contributed by atoms with Crippen LogP contribution in [0.1, 0.15) is 37.8 Å². The molecule has 0 spiro atoms. The first-order valence-electron chi connectivity index (χ1n) is 5.17. The molecule has 0 aromatic carbocycles. The summed E-state index contributed by atoms with van der Waals surface area (Å²) in [6.07, 6.45) is 3.35. The Morgan fingerprint density at radius 3 is 2.79 bits per heavy atom. The number of aryl methyl sites for hydroxylation is 1. The second-order valence-corrected chi connectivity index (χ2v) is 6.29. The Hall–Kier alpha value is -0.570. The van der Waals surface area contributed by atoms with E-state index in [-0.39, 0.29) is 4.87 Å². The number of thiazole rings is 1. The molecule has 0 saturated carbocycles. The zero-order valence-corrected chi connectivity index (χ0v) is 9.83. The van der Waals surface area contributed by atoms with Gasteiger partial charge in [0.15, 0.2) is 0 Å². The van der Waals surface area contributed by atoms with Gasteiger partial charge in [-0.25, -0.2) is 0 Å². The molecule has 1 atom stereocenters. The van der Waals surface area contributed by atoms with Gasteiger partial charge in [-0.3, -0.25) is 4.79 Å². The SMILES string of the molecule is CC(C)(C)[C@@H]1CCc2[nH]c(=O)sc2C1. The third-order valence-corrected chi connectivity index (χ3v) is 4.15. The van der Waals surface area contributed by atoms with Crippen molar-refractivity contribution in [3.05, 3.63) is 20.2 Å². The molecule has 0 aliphatic heterocycles. The predicted octanol–water partition coefficient (Wildman–Crippen LogP) is 2.59. The molecular formula is C11H17NOS. The maximum atomic E-state index is 11.2. The summed E-state index contributed by atoms with van der Waals surface area (Å²) in [5, 5.41) is 0. The zero-order chi connectivity index (χ0) is 10.3. The minimum atomic E-state index is 0.115. The van der Waals surface area contributed by atoms with Gasteiger partial charge in [0.2, 0.25) is 0 Å². The summed E-state index contributed by atoms with van der Waals surface area (Å²) in [6.45, 7) is 6.87. The van der Waals surface area contributed by atoms with Crippen molar-refractivity contribution in [3.8, 4) is 0 Å². The van der Waals surface area contributed by atoms with Crippen molar-refractivity contribution in [1.82, 2.24) is 4.98 Å². The Kier molecular flexibility index (Phi) is 2.30. The molecule has 14 heavy (non-hydrogen) atoms. The molecule has 2 nitrogen and oxygen atoms in total. The van der Waals surface area contributed by atoms with E-state index in [1.807, 2.05) is 0 Å². The Morgan fingerprint density at radius 2 is 2.14 bits per heavy atom. The van der Waals surface area contributed by atoms with Gasteiger partial charge in [-0.15, -0.1) is 0 Å². The molecule has 78 valence electrons. The van der Waals surface area contributed by atoms with Gasteiger partial charge in [0.1, 0.15) is 0 Å². The van der Waals surface area contributed by atoms with Crippen molar-refractivity contribution in [2.75, 3.05) is 0 Å². The van der Waals surface area contributed by atoms with E-state index in [1.54, 1.807) is 0 Å². The minimum Gasteiger partial charge on any atom is -0.316 e. The fraction of sp³-hybridized carbons (Fsp3) is 0.727. The number of nitrogens with one attached hydrogen (secondary N) is 1. The highest BCUT2D eigenvalue weighted by molar-refractivity contribution is 7.09. The summed E-state index contributed by atoms with van der Waals surface area (Å²) in [5.41, 5.74) is 1.56. The number of hydrogen-bond acceptors (Lipinski definition) is 2. The Bertz CT molecular complexity index is 383.